The normalized spacial score (nSPS) is 34.7. The quantitative estimate of drug-likeness (QED) is 0.840. The highest BCUT2D eigenvalue weighted by Crippen LogP contribution is 2.49. The van der Waals surface area contributed by atoms with Gasteiger partial charge < -0.3 is 10.6 Å². The first-order chi connectivity index (χ1) is 9.13. The van der Waals surface area contributed by atoms with Gasteiger partial charge in [-0.25, -0.2) is 0 Å². The van der Waals surface area contributed by atoms with Crippen molar-refractivity contribution in [1.82, 2.24) is 4.90 Å². The summed E-state index contributed by atoms with van der Waals surface area (Å²) in [6, 6.07) is 0. The van der Waals surface area contributed by atoms with E-state index in [2.05, 4.69) is 0 Å². The van der Waals surface area contributed by atoms with Gasteiger partial charge in [0.2, 0.25) is 11.8 Å². The van der Waals surface area contributed by atoms with E-state index >= 15 is 0 Å². The SMILES string of the molecule is NC(=O)C1CCN(C(=O)C[C@@H]2C[C@H]3CC[C@H]2C3)CC1. The predicted octanol–water partition coefficient (Wildman–Crippen LogP) is 1.54. The Hall–Kier alpha value is -1.06. The van der Waals surface area contributed by atoms with Gasteiger partial charge in [0.15, 0.2) is 0 Å². The summed E-state index contributed by atoms with van der Waals surface area (Å²) in [7, 11) is 0. The Morgan fingerprint density at radius 2 is 1.79 bits per heavy atom. The molecule has 3 rings (SSSR count). The van der Waals surface area contributed by atoms with Crippen molar-refractivity contribution in [3.63, 3.8) is 0 Å². The first-order valence-electron chi connectivity index (χ1n) is 7.70. The molecule has 0 spiro atoms. The van der Waals surface area contributed by atoms with E-state index < -0.39 is 0 Å². The van der Waals surface area contributed by atoms with Crippen LogP contribution >= 0.6 is 0 Å². The Labute approximate surface area is 114 Å². The molecule has 3 atom stereocenters. The number of rotatable bonds is 3. The molecular weight excluding hydrogens is 240 g/mol. The molecule has 0 unspecified atom stereocenters. The molecule has 1 heterocycles. The number of primary amides is 1. The lowest BCUT2D eigenvalue weighted by Gasteiger charge is -2.32. The Balaban J connectivity index is 1.48. The molecule has 0 aromatic carbocycles. The third-order valence-electron chi connectivity index (χ3n) is 5.57. The minimum Gasteiger partial charge on any atom is -0.369 e. The van der Waals surface area contributed by atoms with Crippen LogP contribution in [0.4, 0.5) is 0 Å². The largest absolute Gasteiger partial charge is 0.369 e. The van der Waals surface area contributed by atoms with Crippen LogP contribution in [0.2, 0.25) is 0 Å². The maximum Gasteiger partial charge on any atom is 0.222 e. The van der Waals surface area contributed by atoms with Crippen LogP contribution < -0.4 is 5.73 Å². The number of nitrogens with two attached hydrogens (primary N) is 1. The van der Waals surface area contributed by atoms with Gasteiger partial charge in [-0.2, -0.15) is 0 Å². The molecule has 2 saturated carbocycles. The number of hydrogen-bond acceptors (Lipinski definition) is 2. The molecule has 4 nitrogen and oxygen atoms in total. The lowest BCUT2D eigenvalue weighted by atomic mass is 9.86. The second-order valence-corrected chi connectivity index (χ2v) is 6.70. The average Bonchev–Trinajstić information content (AvgIpc) is 3.01. The fourth-order valence-electron chi connectivity index (χ4n) is 4.39. The van der Waals surface area contributed by atoms with Crippen LogP contribution in [0.25, 0.3) is 0 Å². The molecule has 2 amide bonds. The van der Waals surface area contributed by atoms with Gasteiger partial charge in [0.1, 0.15) is 0 Å². The van der Waals surface area contributed by atoms with E-state index in [1.165, 1.54) is 25.7 Å². The standard InChI is InChI=1S/C15H24N2O2/c16-15(19)11-3-5-17(6-4-11)14(18)9-13-8-10-1-2-12(13)7-10/h10-13H,1-9H2,(H2,16,19)/t10-,12-,13-/m0/s1. The molecule has 3 fully saturated rings. The van der Waals surface area contributed by atoms with Crippen molar-refractivity contribution >= 4 is 11.8 Å². The molecule has 19 heavy (non-hydrogen) atoms. The molecule has 4 heteroatoms. The smallest absolute Gasteiger partial charge is 0.222 e. The molecule has 2 bridgehead atoms. The molecule has 3 aliphatic rings. The van der Waals surface area contributed by atoms with Gasteiger partial charge >= 0.3 is 0 Å². The number of hydrogen-bond donors (Lipinski definition) is 1. The van der Waals surface area contributed by atoms with E-state index in [1.807, 2.05) is 4.90 Å². The lowest BCUT2D eigenvalue weighted by molar-refractivity contribution is -0.136. The van der Waals surface area contributed by atoms with E-state index in [-0.39, 0.29) is 11.8 Å². The summed E-state index contributed by atoms with van der Waals surface area (Å²) < 4.78 is 0. The van der Waals surface area contributed by atoms with Gasteiger partial charge in [0.05, 0.1) is 0 Å². The average molecular weight is 264 g/mol. The second-order valence-electron chi connectivity index (χ2n) is 6.70. The first kappa shape index (κ1) is 12.9. The van der Waals surface area contributed by atoms with E-state index in [0.29, 0.717) is 24.9 Å². The van der Waals surface area contributed by atoms with Crippen molar-refractivity contribution in [1.29, 1.82) is 0 Å². The summed E-state index contributed by atoms with van der Waals surface area (Å²) in [6.07, 6.45) is 7.60. The summed E-state index contributed by atoms with van der Waals surface area (Å²) in [4.78, 5) is 25.4. The van der Waals surface area contributed by atoms with E-state index in [0.717, 1.165) is 31.1 Å². The van der Waals surface area contributed by atoms with Crippen molar-refractivity contribution < 1.29 is 9.59 Å². The van der Waals surface area contributed by atoms with Crippen LogP contribution in [0.5, 0.6) is 0 Å². The minimum absolute atomic E-state index is 0.0217. The second kappa shape index (κ2) is 5.14. The predicted molar refractivity (Wildman–Crippen MR) is 72.1 cm³/mol. The number of fused-ring (bicyclic) bond motifs is 2. The van der Waals surface area contributed by atoms with E-state index in [4.69, 9.17) is 5.73 Å². The highest BCUT2D eigenvalue weighted by Gasteiger charge is 2.40. The zero-order valence-corrected chi connectivity index (χ0v) is 11.5. The topological polar surface area (TPSA) is 63.4 Å². The summed E-state index contributed by atoms with van der Waals surface area (Å²) in [5.41, 5.74) is 5.32. The molecule has 0 radical (unpaired) electrons. The highest BCUT2D eigenvalue weighted by atomic mass is 16.2. The van der Waals surface area contributed by atoms with Crippen LogP contribution in [0.1, 0.15) is 44.9 Å². The van der Waals surface area contributed by atoms with Gasteiger partial charge in [-0.3, -0.25) is 9.59 Å². The third kappa shape index (κ3) is 2.63. The molecule has 106 valence electrons. The number of carbonyl (C=O) groups excluding carboxylic acids is 2. The monoisotopic (exact) mass is 264 g/mol. The first-order valence-corrected chi connectivity index (χ1v) is 7.70. The molecule has 2 aliphatic carbocycles. The highest BCUT2D eigenvalue weighted by molar-refractivity contribution is 5.79. The molecule has 0 aromatic heterocycles. The molecule has 1 saturated heterocycles. The number of likely N-dealkylation sites (tertiary alicyclic amines) is 1. The van der Waals surface area contributed by atoms with Crippen LogP contribution in [0.15, 0.2) is 0 Å². The Morgan fingerprint density at radius 3 is 2.32 bits per heavy atom. The van der Waals surface area contributed by atoms with Crippen LogP contribution in [0, 0.1) is 23.7 Å². The lowest BCUT2D eigenvalue weighted by Crippen LogP contribution is -2.42. The fourth-order valence-corrected chi connectivity index (χ4v) is 4.39. The van der Waals surface area contributed by atoms with Crippen molar-refractivity contribution in [3.05, 3.63) is 0 Å². The number of amides is 2. The van der Waals surface area contributed by atoms with Crippen molar-refractivity contribution in [3.8, 4) is 0 Å². The van der Waals surface area contributed by atoms with Gasteiger partial charge in [-0.1, -0.05) is 6.42 Å². The van der Waals surface area contributed by atoms with Crippen LogP contribution in [-0.4, -0.2) is 29.8 Å². The third-order valence-corrected chi connectivity index (χ3v) is 5.57. The van der Waals surface area contributed by atoms with E-state index in [1.54, 1.807) is 0 Å². The zero-order chi connectivity index (χ0) is 13.4. The zero-order valence-electron chi connectivity index (χ0n) is 11.5. The van der Waals surface area contributed by atoms with Gasteiger partial charge in [0.25, 0.3) is 0 Å². The molecule has 1 aliphatic heterocycles. The summed E-state index contributed by atoms with van der Waals surface area (Å²) in [6.45, 7) is 1.43. The Kier molecular flexibility index (Phi) is 3.50. The Morgan fingerprint density at radius 1 is 1.05 bits per heavy atom. The Bertz CT molecular complexity index is 374. The molecule has 2 N–H and O–H groups in total. The van der Waals surface area contributed by atoms with Crippen molar-refractivity contribution in [2.24, 2.45) is 29.4 Å². The van der Waals surface area contributed by atoms with Gasteiger partial charge in [-0.05, 0) is 49.9 Å². The fraction of sp³-hybridized carbons (Fsp3) is 0.867. The van der Waals surface area contributed by atoms with Crippen molar-refractivity contribution in [2.75, 3.05) is 13.1 Å². The summed E-state index contributed by atoms with van der Waals surface area (Å²) in [5, 5.41) is 0. The maximum absolute atomic E-state index is 12.3. The number of carbonyl (C=O) groups is 2. The maximum atomic E-state index is 12.3. The molecule has 0 aromatic rings. The number of nitrogens with zero attached hydrogens (tertiary/aromatic N) is 1. The van der Waals surface area contributed by atoms with Crippen molar-refractivity contribution in [2.45, 2.75) is 44.9 Å². The minimum atomic E-state index is -0.208. The van der Waals surface area contributed by atoms with Crippen LogP contribution in [-0.2, 0) is 9.59 Å². The van der Waals surface area contributed by atoms with Gasteiger partial charge in [0, 0.05) is 25.4 Å². The van der Waals surface area contributed by atoms with E-state index in [9.17, 15) is 9.59 Å². The molecular formula is C15H24N2O2. The van der Waals surface area contributed by atoms with Gasteiger partial charge in [-0.15, -0.1) is 0 Å². The summed E-state index contributed by atoms with van der Waals surface area (Å²) in [5.74, 6) is 2.44. The van der Waals surface area contributed by atoms with Crippen LogP contribution in [0.3, 0.4) is 0 Å². The number of piperidine rings is 1. The summed E-state index contributed by atoms with van der Waals surface area (Å²) >= 11 is 0.